The Morgan fingerprint density at radius 2 is 1.95 bits per heavy atom. The molecule has 0 saturated carbocycles. The van der Waals surface area contributed by atoms with E-state index in [0.29, 0.717) is 6.54 Å². The number of rotatable bonds is 7. The molecule has 110 valence electrons. The third-order valence-corrected chi connectivity index (χ3v) is 3.92. The molecule has 1 aromatic rings. The van der Waals surface area contributed by atoms with Gasteiger partial charge in [0, 0.05) is 25.3 Å². The number of benzene rings is 1. The van der Waals surface area contributed by atoms with Gasteiger partial charge in [-0.05, 0) is 38.1 Å². The SMILES string of the molecule is CC(CN(CCN1CCCC1)c1ccccc1)C(=O)O. The van der Waals surface area contributed by atoms with Gasteiger partial charge in [0.05, 0.1) is 5.92 Å². The van der Waals surface area contributed by atoms with E-state index in [-0.39, 0.29) is 5.92 Å². The Morgan fingerprint density at radius 3 is 2.55 bits per heavy atom. The van der Waals surface area contributed by atoms with Crippen molar-refractivity contribution in [2.24, 2.45) is 5.92 Å². The smallest absolute Gasteiger partial charge is 0.308 e. The fourth-order valence-corrected chi connectivity index (χ4v) is 2.64. The Kier molecular flexibility index (Phi) is 5.41. The van der Waals surface area contributed by atoms with Gasteiger partial charge >= 0.3 is 5.97 Å². The molecule has 1 aromatic carbocycles. The molecule has 1 fully saturated rings. The maximum Gasteiger partial charge on any atom is 0.308 e. The molecular weight excluding hydrogens is 252 g/mol. The molecule has 1 N–H and O–H groups in total. The molecule has 2 rings (SSSR count). The lowest BCUT2D eigenvalue weighted by Crippen LogP contribution is -2.38. The second kappa shape index (κ2) is 7.29. The zero-order chi connectivity index (χ0) is 14.4. The van der Waals surface area contributed by atoms with Crippen LogP contribution in [0, 0.1) is 5.92 Å². The van der Waals surface area contributed by atoms with E-state index in [1.807, 2.05) is 18.2 Å². The molecule has 4 heteroatoms. The van der Waals surface area contributed by atoms with Crippen LogP contribution in [-0.4, -0.2) is 48.7 Å². The first-order valence-corrected chi connectivity index (χ1v) is 7.42. The van der Waals surface area contributed by atoms with Crippen LogP contribution in [0.5, 0.6) is 0 Å². The van der Waals surface area contributed by atoms with Crippen molar-refractivity contribution >= 4 is 11.7 Å². The van der Waals surface area contributed by atoms with Crippen LogP contribution in [-0.2, 0) is 4.79 Å². The Hall–Kier alpha value is -1.55. The summed E-state index contributed by atoms with van der Waals surface area (Å²) in [4.78, 5) is 15.7. The predicted molar refractivity (Wildman–Crippen MR) is 81.1 cm³/mol. The molecule has 1 aliphatic rings. The van der Waals surface area contributed by atoms with Crippen molar-refractivity contribution in [1.82, 2.24) is 4.90 Å². The first kappa shape index (κ1) is 14.9. The fourth-order valence-electron chi connectivity index (χ4n) is 2.64. The van der Waals surface area contributed by atoms with Crippen molar-refractivity contribution in [2.45, 2.75) is 19.8 Å². The molecule has 1 atom stereocenters. The van der Waals surface area contributed by atoms with E-state index in [0.717, 1.165) is 18.8 Å². The van der Waals surface area contributed by atoms with Crippen LogP contribution in [0.2, 0.25) is 0 Å². The van der Waals surface area contributed by atoms with Gasteiger partial charge in [0.2, 0.25) is 0 Å². The molecule has 0 radical (unpaired) electrons. The van der Waals surface area contributed by atoms with Gasteiger partial charge in [-0.1, -0.05) is 25.1 Å². The molecule has 0 aliphatic carbocycles. The zero-order valence-electron chi connectivity index (χ0n) is 12.2. The summed E-state index contributed by atoms with van der Waals surface area (Å²) in [6, 6.07) is 10.1. The lowest BCUT2D eigenvalue weighted by atomic mass is 10.1. The minimum absolute atomic E-state index is 0.353. The second-order valence-electron chi connectivity index (χ2n) is 5.57. The minimum atomic E-state index is -0.730. The summed E-state index contributed by atoms with van der Waals surface area (Å²) in [5.74, 6) is -1.08. The number of carboxylic acids is 1. The third-order valence-electron chi connectivity index (χ3n) is 3.92. The lowest BCUT2D eigenvalue weighted by Gasteiger charge is -2.28. The van der Waals surface area contributed by atoms with E-state index >= 15 is 0 Å². The van der Waals surface area contributed by atoms with E-state index in [2.05, 4.69) is 21.9 Å². The number of para-hydroxylation sites is 1. The highest BCUT2D eigenvalue weighted by Crippen LogP contribution is 2.16. The molecule has 4 nitrogen and oxygen atoms in total. The molecule has 0 amide bonds. The first-order valence-electron chi connectivity index (χ1n) is 7.42. The van der Waals surface area contributed by atoms with Crippen molar-refractivity contribution in [3.8, 4) is 0 Å². The van der Waals surface area contributed by atoms with Gasteiger partial charge in [-0.2, -0.15) is 0 Å². The number of likely N-dealkylation sites (tertiary alicyclic amines) is 1. The van der Waals surface area contributed by atoms with Crippen LogP contribution in [0.15, 0.2) is 30.3 Å². The molecule has 1 aliphatic heterocycles. The largest absolute Gasteiger partial charge is 0.481 e. The van der Waals surface area contributed by atoms with Crippen LogP contribution in [0.4, 0.5) is 5.69 Å². The number of hydrogen-bond acceptors (Lipinski definition) is 3. The average Bonchev–Trinajstić information content (AvgIpc) is 2.97. The van der Waals surface area contributed by atoms with Crippen LogP contribution >= 0.6 is 0 Å². The first-order chi connectivity index (χ1) is 9.66. The highest BCUT2D eigenvalue weighted by molar-refractivity contribution is 5.70. The molecule has 0 spiro atoms. The highest BCUT2D eigenvalue weighted by atomic mass is 16.4. The summed E-state index contributed by atoms with van der Waals surface area (Å²) in [6.45, 7) is 6.60. The van der Waals surface area contributed by atoms with Crippen LogP contribution < -0.4 is 4.90 Å². The van der Waals surface area contributed by atoms with Crippen molar-refractivity contribution in [3.63, 3.8) is 0 Å². The zero-order valence-corrected chi connectivity index (χ0v) is 12.2. The number of nitrogens with zero attached hydrogens (tertiary/aromatic N) is 2. The number of carboxylic acid groups (broad SMARTS) is 1. The minimum Gasteiger partial charge on any atom is -0.481 e. The van der Waals surface area contributed by atoms with Gasteiger partial charge in [-0.15, -0.1) is 0 Å². The maximum absolute atomic E-state index is 11.1. The Morgan fingerprint density at radius 1 is 1.30 bits per heavy atom. The quantitative estimate of drug-likeness (QED) is 0.830. The van der Waals surface area contributed by atoms with Gasteiger partial charge in [-0.3, -0.25) is 4.79 Å². The number of hydrogen-bond donors (Lipinski definition) is 1. The number of carbonyl (C=O) groups is 1. The molecule has 1 unspecified atom stereocenters. The molecule has 0 aromatic heterocycles. The van der Waals surface area contributed by atoms with E-state index in [9.17, 15) is 4.79 Å². The monoisotopic (exact) mass is 276 g/mol. The van der Waals surface area contributed by atoms with E-state index < -0.39 is 5.97 Å². The van der Waals surface area contributed by atoms with Crippen LogP contribution in [0.3, 0.4) is 0 Å². The summed E-state index contributed by atoms with van der Waals surface area (Å²) < 4.78 is 0. The van der Waals surface area contributed by atoms with Gasteiger partial charge in [0.15, 0.2) is 0 Å². The molecule has 20 heavy (non-hydrogen) atoms. The van der Waals surface area contributed by atoms with Gasteiger partial charge in [-0.25, -0.2) is 0 Å². The summed E-state index contributed by atoms with van der Waals surface area (Å²) in [7, 11) is 0. The number of anilines is 1. The fraction of sp³-hybridized carbons (Fsp3) is 0.562. The Bertz CT molecular complexity index is 416. The standard InChI is InChI=1S/C16H24N2O2/c1-14(16(19)20)13-18(15-7-3-2-4-8-15)12-11-17-9-5-6-10-17/h2-4,7-8,14H,5-6,9-13H2,1H3,(H,19,20). The molecule has 1 heterocycles. The van der Waals surface area contributed by atoms with Crippen molar-refractivity contribution in [2.75, 3.05) is 37.6 Å². The Labute approximate surface area is 121 Å². The number of aliphatic carboxylic acids is 1. The van der Waals surface area contributed by atoms with E-state index in [1.165, 1.54) is 25.9 Å². The van der Waals surface area contributed by atoms with Gasteiger partial charge in [0.25, 0.3) is 0 Å². The topological polar surface area (TPSA) is 43.8 Å². The summed E-state index contributed by atoms with van der Waals surface area (Å²) in [6.07, 6.45) is 2.58. The van der Waals surface area contributed by atoms with Gasteiger partial charge in [0.1, 0.15) is 0 Å². The summed E-state index contributed by atoms with van der Waals surface area (Å²) in [5, 5.41) is 9.12. The van der Waals surface area contributed by atoms with Crippen LogP contribution in [0.1, 0.15) is 19.8 Å². The van der Waals surface area contributed by atoms with Crippen LogP contribution in [0.25, 0.3) is 0 Å². The second-order valence-corrected chi connectivity index (χ2v) is 5.57. The molecule has 1 saturated heterocycles. The molecule has 0 bridgehead atoms. The average molecular weight is 276 g/mol. The lowest BCUT2D eigenvalue weighted by molar-refractivity contribution is -0.140. The molecular formula is C16H24N2O2. The third kappa shape index (κ3) is 4.23. The normalized spacial score (nSPS) is 17.1. The van der Waals surface area contributed by atoms with Crippen molar-refractivity contribution in [3.05, 3.63) is 30.3 Å². The highest BCUT2D eigenvalue weighted by Gasteiger charge is 2.18. The maximum atomic E-state index is 11.1. The van der Waals surface area contributed by atoms with Crippen molar-refractivity contribution in [1.29, 1.82) is 0 Å². The van der Waals surface area contributed by atoms with E-state index in [1.54, 1.807) is 6.92 Å². The van der Waals surface area contributed by atoms with E-state index in [4.69, 9.17) is 5.11 Å². The summed E-state index contributed by atoms with van der Waals surface area (Å²) in [5.41, 5.74) is 1.11. The van der Waals surface area contributed by atoms with Gasteiger partial charge < -0.3 is 14.9 Å². The van der Waals surface area contributed by atoms with Crippen molar-refractivity contribution < 1.29 is 9.90 Å². The summed E-state index contributed by atoms with van der Waals surface area (Å²) >= 11 is 0. The Balaban J connectivity index is 1.97. The predicted octanol–water partition coefficient (Wildman–Crippen LogP) is 2.31.